The maximum absolute atomic E-state index is 14.8. The zero-order valence-electron chi connectivity index (χ0n) is 72.7. The number of aromatic nitrogens is 2. The summed E-state index contributed by atoms with van der Waals surface area (Å²) < 4.78 is 0. The molecule has 0 unspecified atom stereocenters. The lowest BCUT2D eigenvalue weighted by molar-refractivity contribution is -0.145. The highest BCUT2D eigenvalue weighted by atomic mass is 16.4. The Morgan fingerprint density at radius 2 is 0.887 bits per heavy atom. The summed E-state index contributed by atoms with van der Waals surface area (Å²) in [5.74, 6) is -13.3. The number of nitrogens with zero attached hydrogens (tertiary/aromatic N) is 1. The van der Waals surface area contributed by atoms with E-state index in [1.807, 2.05) is 67.6 Å². The first kappa shape index (κ1) is 101. The van der Waals surface area contributed by atoms with Crippen LogP contribution in [0.3, 0.4) is 0 Å². The molecule has 0 saturated carbocycles. The van der Waals surface area contributed by atoms with Gasteiger partial charge in [-0.25, -0.2) is 0 Å². The maximum Gasteiger partial charge on any atom is 0.325 e. The average Bonchev–Trinajstić information content (AvgIpc) is 1.71. The number of H-pyrrole nitrogens is 2. The van der Waals surface area contributed by atoms with Crippen molar-refractivity contribution in [2.45, 2.75) is 257 Å². The average molecular weight is 1730 g/mol. The number of hydrogen-bond acceptors (Lipinski definition) is 19. The number of nitrogens with two attached hydrogens (primary N) is 4. The Balaban J connectivity index is 1.14. The molecule has 680 valence electrons. The van der Waals surface area contributed by atoms with Crippen molar-refractivity contribution in [2.75, 3.05) is 32.7 Å². The van der Waals surface area contributed by atoms with E-state index in [2.05, 4.69) is 84.4 Å². The quantitative estimate of drug-likeness (QED) is 0.0136. The fourth-order valence-corrected chi connectivity index (χ4v) is 14.3. The van der Waals surface area contributed by atoms with Crippen LogP contribution in [0.15, 0.2) is 91.3 Å². The third kappa shape index (κ3) is 32.0. The van der Waals surface area contributed by atoms with E-state index in [1.54, 1.807) is 65.2 Å². The number of aliphatic carboxylic acids is 1. The zero-order chi connectivity index (χ0) is 91.4. The minimum Gasteiger partial charge on any atom is -0.480 e. The monoisotopic (exact) mass is 1730 g/mol. The Kier molecular flexibility index (Phi) is 41.0. The number of para-hydroxylation sites is 2. The molecule has 3 heterocycles. The molecular formula is C86H130N22O16. The summed E-state index contributed by atoms with van der Waals surface area (Å²) in [5, 5.41) is 56.0. The zero-order valence-corrected chi connectivity index (χ0v) is 72.7. The lowest BCUT2D eigenvalue weighted by Gasteiger charge is -2.32. The first-order valence-electron chi connectivity index (χ1n) is 42.8. The third-order valence-electron chi connectivity index (χ3n) is 21.6. The maximum atomic E-state index is 14.8. The largest absolute Gasteiger partial charge is 0.480 e. The molecule has 26 N–H and O–H groups in total. The number of unbranched alkanes of at least 4 members (excludes halogenated alkanes) is 2. The van der Waals surface area contributed by atoms with Gasteiger partial charge in [0.05, 0.1) is 12.6 Å². The number of likely N-dealkylation sites (tertiary alicyclic amines) is 1. The smallest absolute Gasteiger partial charge is 0.325 e. The predicted molar refractivity (Wildman–Crippen MR) is 467 cm³/mol. The van der Waals surface area contributed by atoms with Crippen LogP contribution in [-0.2, 0) is 91.2 Å². The molecule has 1 aliphatic rings. The molecule has 0 radical (unpaired) electrons. The number of hydrogen-bond donors (Lipinski definition) is 22. The summed E-state index contributed by atoms with van der Waals surface area (Å²) >= 11 is 0. The molecule has 38 nitrogen and oxygen atoms in total. The van der Waals surface area contributed by atoms with Gasteiger partial charge in [-0.3, -0.25) is 77.3 Å². The molecule has 5 aromatic rings. The molecule has 3 aromatic carbocycles. The highest BCUT2D eigenvalue weighted by Crippen LogP contribution is 2.25. The number of amides is 14. The molecule has 1 aliphatic heterocycles. The van der Waals surface area contributed by atoms with Crippen LogP contribution >= 0.6 is 0 Å². The summed E-state index contributed by atoms with van der Waals surface area (Å²) in [6, 6.07) is 5.88. The van der Waals surface area contributed by atoms with Crippen molar-refractivity contribution in [2.24, 2.45) is 40.7 Å². The van der Waals surface area contributed by atoms with E-state index < -0.39 is 186 Å². The fraction of sp³-hybridized carbons (Fsp3) is 0.558. The summed E-state index contributed by atoms with van der Waals surface area (Å²) in [5.41, 5.74) is 27.2. The van der Waals surface area contributed by atoms with E-state index in [-0.39, 0.29) is 108 Å². The van der Waals surface area contributed by atoms with Gasteiger partial charge in [0, 0.05) is 60.1 Å². The summed E-state index contributed by atoms with van der Waals surface area (Å²) in [4.78, 5) is 218. The SMILES string of the molecule is CC[C@H](C)[C@H](NC(=O)[C@H](C)NC(=O)[C@H](CCCCN)NC(=O)[C@H](CC(C)C)NC(=O)[C@H](C)NC(=O)[C@H](Cc1c[nH]c2ccccc12)NC(=O)[C@H](CCCCN)NC(=O)[C@H](C)NC(=O)[C@H](CC(C)C)NC(=O)[C@H](CCCNC(=N)N)NC(=O)CNC(=O)[C@H](Cc1c[nH]c2ccccc12)NC(=O)[C@@H](N)Cc1ccccc1)C(=O)N1CCC[C@H]1C(=O)N[C@@H](C)C(=O)O. The highest BCUT2D eigenvalue weighted by Gasteiger charge is 2.42. The number of rotatable bonds is 52. The number of nitrogens with one attached hydrogen (secondary N) is 17. The van der Waals surface area contributed by atoms with Crippen LogP contribution in [0.2, 0.25) is 0 Å². The number of carboxylic acids is 1. The molecular weight excluding hydrogens is 1600 g/mol. The normalized spacial score (nSPS) is 16.0. The Bertz CT molecular complexity index is 4460. The van der Waals surface area contributed by atoms with E-state index in [0.717, 1.165) is 16.5 Å². The van der Waals surface area contributed by atoms with Crippen molar-refractivity contribution in [3.05, 3.63) is 108 Å². The number of carboxylic acid groups (broad SMARTS) is 1. The number of benzene rings is 3. The molecule has 1 saturated heterocycles. The number of aromatic amines is 2. The molecule has 14 amide bonds. The number of guanidine groups is 1. The van der Waals surface area contributed by atoms with Gasteiger partial charge in [0.1, 0.15) is 78.5 Å². The van der Waals surface area contributed by atoms with Crippen molar-refractivity contribution < 1.29 is 77.0 Å². The van der Waals surface area contributed by atoms with Crippen molar-refractivity contribution in [1.82, 2.24) is 89.3 Å². The molecule has 0 bridgehead atoms. The van der Waals surface area contributed by atoms with Crippen molar-refractivity contribution in [1.29, 1.82) is 5.41 Å². The summed E-state index contributed by atoms with van der Waals surface area (Å²) in [6.45, 7) is 16.2. The molecule has 0 aliphatic carbocycles. The predicted octanol–water partition coefficient (Wildman–Crippen LogP) is -0.247. The van der Waals surface area contributed by atoms with E-state index in [0.29, 0.717) is 60.6 Å². The van der Waals surface area contributed by atoms with Crippen LogP contribution in [0.1, 0.15) is 169 Å². The Morgan fingerprint density at radius 3 is 1.39 bits per heavy atom. The Hall–Kier alpha value is -12.1. The molecule has 2 aromatic heterocycles. The van der Waals surface area contributed by atoms with Gasteiger partial charge in [0.25, 0.3) is 0 Å². The van der Waals surface area contributed by atoms with E-state index in [1.165, 1.54) is 32.6 Å². The van der Waals surface area contributed by atoms with Gasteiger partial charge < -0.3 is 117 Å². The van der Waals surface area contributed by atoms with Gasteiger partial charge in [0.15, 0.2) is 5.96 Å². The molecule has 124 heavy (non-hydrogen) atoms. The Labute approximate surface area is 722 Å². The first-order valence-corrected chi connectivity index (χ1v) is 42.8. The first-order chi connectivity index (χ1) is 58.9. The Morgan fingerprint density at radius 1 is 0.468 bits per heavy atom. The second-order valence-electron chi connectivity index (χ2n) is 32.8. The van der Waals surface area contributed by atoms with Gasteiger partial charge in [-0.05, 0) is 171 Å². The van der Waals surface area contributed by atoms with Crippen LogP contribution in [0.5, 0.6) is 0 Å². The van der Waals surface area contributed by atoms with Gasteiger partial charge in [-0.2, -0.15) is 0 Å². The highest BCUT2D eigenvalue weighted by molar-refractivity contribution is 6.01. The standard InChI is InChI=1S/C86H130N22O16/c1-11-49(6)71(84(122)108-38-24-34-69(108)83(121)99-53(10)85(123)124)107-74(112)52(9)96-77(115)63(31-19-21-35-87)102-82(120)66(40-48(4)5)103-73(111)51(8)98-81(119)68(43-56-45-94-61-30-18-16-28-58(56)61)106-79(117)64(32-20-22-36-88)101-72(110)50(7)97-80(118)65(39-47(2)3)105-78(116)62(33-23-37-92-86(90)91)100-70(109)46-95-76(114)67(42-55-44-93-60-29-17-15-27-57(55)60)104-75(113)59(89)41-54-25-13-12-14-26-54/h12-18,25-30,44-45,47-53,59,62-69,71,93-94H,11,19-24,31-43,46,87-89H2,1-10H3,(H,95,114)(H,96,115)(H,97,118)(H,98,119)(H,99,121)(H,100,109)(H,101,110)(H,102,120)(H,103,111)(H,104,113)(H,105,116)(H,106,117)(H,107,112)(H,123,124)(H4,90,91,92)/t49-,50-,51-,52-,53-,59-,62-,63-,64-,65-,66-,67-,68-,69-,71-/m0/s1. The van der Waals surface area contributed by atoms with Crippen molar-refractivity contribution in [3.63, 3.8) is 0 Å². The van der Waals surface area contributed by atoms with Gasteiger partial charge >= 0.3 is 5.97 Å². The minimum absolute atomic E-state index is 0.00123. The van der Waals surface area contributed by atoms with Gasteiger partial charge in [0.2, 0.25) is 82.7 Å². The van der Waals surface area contributed by atoms with Crippen LogP contribution in [0, 0.1) is 23.2 Å². The fourth-order valence-electron chi connectivity index (χ4n) is 14.3. The van der Waals surface area contributed by atoms with Gasteiger partial charge in [-0.1, -0.05) is 115 Å². The lowest BCUT2D eigenvalue weighted by Crippen LogP contribution is -2.60. The van der Waals surface area contributed by atoms with E-state index in [4.69, 9.17) is 28.3 Å². The molecule has 6 rings (SSSR count). The molecule has 0 spiro atoms. The van der Waals surface area contributed by atoms with Crippen molar-refractivity contribution >= 4 is 116 Å². The molecule has 1 fully saturated rings. The van der Waals surface area contributed by atoms with Gasteiger partial charge in [-0.15, -0.1) is 0 Å². The van der Waals surface area contributed by atoms with Crippen LogP contribution in [0.4, 0.5) is 0 Å². The third-order valence-corrected chi connectivity index (χ3v) is 21.6. The summed E-state index contributed by atoms with van der Waals surface area (Å²) in [6.07, 6.45) is 6.20. The number of carbonyl (C=O) groups excluding carboxylic acids is 14. The second kappa shape index (κ2) is 50.5. The molecule has 38 heteroatoms. The van der Waals surface area contributed by atoms with Crippen LogP contribution < -0.4 is 97.4 Å². The number of carbonyl (C=O) groups is 15. The minimum atomic E-state index is -1.45. The molecule has 15 atom stereocenters. The summed E-state index contributed by atoms with van der Waals surface area (Å²) in [7, 11) is 0. The topological polar surface area (TPSA) is 607 Å². The van der Waals surface area contributed by atoms with Crippen LogP contribution in [0.25, 0.3) is 21.8 Å². The number of fused-ring (bicyclic) bond motifs is 2. The van der Waals surface area contributed by atoms with Crippen LogP contribution in [-0.4, -0.2) is 232 Å². The lowest BCUT2D eigenvalue weighted by atomic mass is 9.97. The van der Waals surface area contributed by atoms with E-state index >= 15 is 0 Å². The second-order valence-corrected chi connectivity index (χ2v) is 32.8. The van der Waals surface area contributed by atoms with E-state index in [9.17, 15) is 77.0 Å². The van der Waals surface area contributed by atoms with Crippen molar-refractivity contribution in [3.8, 4) is 0 Å².